The molecule has 0 bridgehead atoms. The Bertz CT molecular complexity index is 909. The number of H-pyrrole nitrogens is 2. The van der Waals surface area contributed by atoms with Crippen molar-refractivity contribution in [3.63, 3.8) is 0 Å². The minimum atomic E-state index is -0.344. The van der Waals surface area contributed by atoms with Gasteiger partial charge in [-0.25, -0.2) is 9.78 Å². The van der Waals surface area contributed by atoms with E-state index in [1.807, 2.05) is 38.4 Å². The highest BCUT2D eigenvalue weighted by Gasteiger charge is 2.09. The topological polar surface area (TPSA) is 93.9 Å². The van der Waals surface area contributed by atoms with Gasteiger partial charge in [-0.3, -0.25) is 9.78 Å². The van der Waals surface area contributed by atoms with E-state index in [4.69, 9.17) is 0 Å². The number of hydrogen-bond donors (Lipinski definition) is 3. The van der Waals surface area contributed by atoms with Crippen LogP contribution in [0.2, 0.25) is 0 Å². The number of aromatic nitrogens is 3. The number of rotatable bonds is 5. The van der Waals surface area contributed by atoms with Gasteiger partial charge in [0.05, 0.1) is 11.1 Å². The number of aromatic amines is 2. The summed E-state index contributed by atoms with van der Waals surface area (Å²) < 4.78 is 0. The van der Waals surface area contributed by atoms with Crippen LogP contribution in [0.1, 0.15) is 15.9 Å². The van der Waals surface area contributed by atoms with E-state index in [9.17, 15) is 9.59 Å². The smallest absolute Gasteiger partial charge is 0.322 e. The highest BCUT2D eigenvalue weighted by atomic mass is 16.2. The predicted molar refractivity (Wildman–Crippen MR) is 93.4 cm³/mol. The molecule has 3 aromatic rings. The summed E-state index contributed by atoms with van der Waals surface area (Å²) in [7, 11) is 4.08. The molecule has 1 aromatic carbocycles. The molecule has 0 saturated heterocycles. The van der Waals surface area contributed by atoms with Crippen LogP contribution in [0.25, 0.3) is 11.2 Å². The molecule has 3 N–H and O–H groups in total. The normalized spacial score (nSPS) is 11.1. The molecule has 0 atom stereocenters. The SMILES string of the molecule is CN(C)CCc1ccc(NC(=O)c2cnc3[nH]c(=O)[nH]c3c2)cc1. The van der Waals surface area contributed by atoms with Gasteiger partial charge in [-0.1, -0.05) is 12.1 Å². The first-order chi connectivity index (χ1) is 11.5. The lowest BCUT2D eigenvalue weighted by molar-refractivity contribution is 0.102. The fourth-order valence-electron chi connectivity index (χ4n) is 2.36. The number of carbonyl (C=O) groups excluding carboxylic acids is 1. The Morgan fingerprint density at radius 2 is 1.96 bits per heavy atom. The van der Waals surface area contributed by atoms with Gasteiger partial charge in [0, 0.05) is 18.4 Å². The molecule has 0 aliphatic carbocycles. The number of benzene rings is 1. The van der Waals surface area contributed by atoms with Crippen molar-refractivity contribution in [3.05, 3.63) is 58.1 Å². The zero-order valence-electron chi connectivity index (χ0n) is 13.6. The third-order valence-electron chi connectivity index (χ3n) is 3.69. The van der Waals surface area contributed by atoms with Crippen LogP contribution in [0.4, 0.5) is 5.69 Å². The van der Waals surface area contributed by atoms with Crippen molar-refractivity contribution < 1.29 is 4.79 Å². The number of hydrogen-bond acceptors (Lipinski definition) is 4. The Kier molecular flexibility index (Phi) is 4.43. The monoisotopic (exact) mass is 325 g/mol. The second-order valence-corrected chi connectivity index (χ2v) is 5.90. The lowest BCUT2D eigenvalue weighted by atomic mass is 10.1. The summed E-state index contributed by atoms with van der Waals surface area (Å²) in [4.78, 5) is 34.9. The van der Waals surface area contributed by atoms with Crippen molar-refractivity contribution in [3.8, 4) is 0 Å². The lowest BCUT2D eigenvalue weighted by Crippen LogP contribution is -2.15. The fraction of sp³-hybridized carbons (Fsp3) is 0.235. The van der Waals surface area contributed by atoms with Crippen LogP contribution in [0.5, 0.6) is 0 Å². The van der Waals surface area contributed by atoms with Crippen molar-refractivity contribution in [1.29, 1.82) is 0 Å². The van der Waals surface area contributed by atoms with E-state index in [2.05, 4.69) is 25.2 Å². The van der Waals surface area contributed by atoms with E-state index in [0.29, 0.717) is 16.7 Å². The van der Waals surface area contributed by atoms with Gasteiger partial charge in [0.2, 0.25) is 0 Å². The molecule has 2 heterocycles. The average molecular weight is 325 g/mol. The van der Waals surface area contributed by atoms with Crippen LogP contribution in [-0.4, -0.2) is 46.4 Å². The number of nitrogens with zero attached hydrogens (tertiary/aromatic N) is 2. The number of fused-ring (bicyclic) bond motifs is 1. The molecule has 124 valence electrons. The Morgan fingerprint density at radius 3 is 2.67 bits per heavy atom. The molecule has 0 saturated carbocycles. The first kappa shape index (κ1) is 15.9. The van der Waals surface area contributed by atoms with E-state index in [1.165, 1.54) is 11.8 Å². The maximum Gasteiger partial charge on any atom is 0.325 e. The summed E-state index contributed by atoms with van der Waals surface area (Å²) in [6.07, 6.45) is 2.40. The zero-order valence-corrected chi connectivity index (χ0v) is 13.6. The highest BCUT2D eigenvalue weighted by molar-refractivity contribution is 6.05. The van der Waals surface area contributed by atoms with Gasteiger partial charge in [0.1, 0.15) is 0 Å². The Balaban J connectivity index is 1.70. The molecule has 7 nitrogen and oxygen atoms in total. The molecule has 24 heavy (non-hydrogen) atoms. The van der Waals surface area contributed by atoms with Crippen molar-refractivity contribution in [2.45, 2.75) is 6.42 Å². The van der Waals surface area contributed by atoms with E-state index in [-0.39, 0.29) is 11.6 Å². The summed E-state index contributed by atoms with van der Waals surface area (Å²) >= 11 is 0. The van der Waals surface area contributed by atoms with E-state index >= 15 is 0 Å². The minimum absolute atomic E-state index is 0.271. The Hall–Kier alpha value is -2.93. The summed E-state index contributed by atoms with van der Waals surface area (Å²) in [5.74, 6) is -0.271. The first-order valence-electron chi connectivity index (χ1n) is 7.64. The number of imidazole rings is 1. The van der Waals surface area contributed by atoms with Crippen LogP contribution in [0.15, 0.2) is 41.3 Å². The van der Waals surface area contributed by atoms with Gasteiger partial charge in [-0.15, -0.1) is 0 Å². The van der Waals surface area contributed by atoms with E-state index in [0.717, 1.165) is 18.7 Å². The Morgan fingerprint density at radius 1 is 1.21 bits per heavy atom. The van der Waals surface area contributed by atoms with Gasteiger partial charge in [-0.2, -0.15) is 0 Å². The number of pyridine rings is 1. The van der Waals surface area contributed by atoms with Crippen LogP contribution in [0.3, 0.4) is 0 Å². The van der Waals surface area contributed by atoms with Crippen LogP contribution in [0, 0.1) is 0 Å². The van der Waals surface area contributed by atoms with Gasteiger partial charge in [0.25, 0.3) is 5.91 Å². The molecule has 0 radical (unpaired) electrons. The summed E-state index contributed by atoms with van der Waals surface area (Å²) in [5, 5.41) is 2.83. The van der Waals surface area contributed by atoms with Gasteiger partial charge in [-0.05, 0) is 44.3 Å². The molecule has 0 aliphatic heterocycles. The van der Waals surface area contributed by atoms with E-state index < -0.39 is 0 Å². The van der Waals surface area contributed by atoms with Crippen molar-refractivity contribution in [1.82, 2.24) is 19.9 Å². The quantitative estimate of drug-likeness (QED) is 0.664. The largest absolute Gasteiger partial charge is 0.325 e. The van der Waals surface area contributed by atoms with Crippen molar-refractivity contribution >= 4 is 22.8 Å². The van der Waals surface area contributed by atoms with Gasteiger partial charge >= 0.3 is 5.69 Å². The minimum Gasteiger partial charge on any atom is -0.322 e. The second kappa shape index (κ2) is 6.67. The molecule has 2 aromatic heterocycles. The van der Waals surface area contributed by atoms with Gasteiger partial charge < -0.3 is 15.2 Å². The van der Waals surface area contributed by atoms with Gasteiger partial charge in [0.15, 0.2) is 5.65 Å². The number of amides is 1. The molecule has 0 spiro atoms. The first-order valence-corrected chi connectivity index (χ1v) is 7.64. The molecule has 7 heteroatoms. The van der Waals surface area contributed by atoms with Crippen molar-refractivity contribution in [2.24, 2.45) is 0 Å². The average Bonchev–Trinajstić information content (AvgIpc) is 2.93. The van der Waals surface area contributed by atoms with Crippen LogP contribution < -0.4 is 11.0 Å². The Labute approximate surface area is 138 Å². The summed E-state index contributed by atoms with van der Waals surface area (Å²) in [6, 6.07) is 9.37. The molecular weight excluding hydrogens is 306 g/mol. The van der Waals surface area contributed by atoms with E-state index in [1.54, 1.807) is 6.07 Å². The maximum absolute atomic E-state index is 12.3. The molecule has 3 rings (SSSR count). The number of carbonyl (C=O) groups is 1. The predicted octanol–water partition coefficient (Wildman–Crippen LogP) is 1.61. The third-order valence-corrected chi connectivity index (χ3v) is 3.69. The van der Waals surface area contributed by atoms with Crippen LogP contribution >= 0.6 is 0 Å². The maximum atomic E-state index is 12.3. The summed E-state index contributed by atoms with van der Waals surface area (Å²) in [5.41, 5.74) is 2.91. The molecular formula is C17H19N5O2. The number of anilines is 1. The van der Waals surface area contributed by atoms with Crippen LogP contribution in [-0.2, 0) is 6.42 Å². The molecule has 0 fully saturated rings. The number of likely N-dealkylation sites (N-methyl/N-ethyl adjacent to an activating group) is 1. The second-order valence-electron chi connectivity index (χ2n) is 5.90. The molecule has 0 unspecified atom stereocenters. The molecule has 0 aliphatic rings. The standard InChI is InChI=1S/C17H19N5O2/c1-22(2)8-7-11-3-5-13(6-4-11)19-16(23)12-9-14-15(18-10-12)21-17(24)20-14/h3-6,9-10H,7-8H2,1-2H3,(H,19,23)(H2,18,20,21,24). The summed E-state index contributed by atoms with van der Waals surface area (Å²) in [6.45, 7) is 0.978. The highest BCUT2D eigenvalue weighted by Crippen LogP contribution is 2.13. The van der Waals surface area contributed by atoms with Crippen molar-refractivity contribution in [2.75, 3.05) is 26.0 Å². The fourth-order valence-corrected chi connectivity index (χ4v) is 2.36. The zero-order chi connectivity index (χ0) is 17.1. The third kappa shape index (κ3) is 3.69. The number of nitrogens with one attached hydrogen (secondary N) is 3. The molecule has 1 amide bonds. The lowest BCUT2D eigenvalue weighted by Gasteiger charge is -2.10.